The quantitative estimate of drug-likeness (QED) is 0.0668. The largest absolute Gasteiger partial charge is 0.657 e. The van der Waals surface area contributed by atoms with Crippen LogP contribution in [0.1, 0.15) is 45.4 Å². The first kappa shape index (κ1) is 65.3. The molecule has 0 saturated heterocycles. The zero-order valence-electron chi connectivity index (χ0n) is 44.2. The van der Waals surface area contributed by atoms with Crippen LogP contribution >= 0.6 is 0 Å². The molecule has 6 atom stereocenters. The first-order valence-electron chi connectivity index (χ1n) is 22.0. The molecule has 0 spiro atoms. The number of hydrogen-bond acceptors (Lipinski definition) is 22. The maximum atomic E-state index is 7.47. The van der Waals surface area contributed by atoms with Crippen LogP contribution in [0.5, 0.6) is 0 Å². The molecule has 6 unspecified atom stereocenters. The van der Waals surface area contributed by atoms with Crippen molar-refractivity contribution in [2.24, 2.45) is 5.92 Å². The second kappa shape index (κ2) is 28.7. The van der Waals surface area contributed by atoms with Crippen molar-refractivity contribution in [3.63, 3.8) is 0 Å². The maximum absolute atomic E-state index is 7.47. The molecular weight excluding hydrogens is 1040 g/mol. The van der Waals surface area contributed by atoms with Crippen molar-refractivity contribution in [1.29, 1.82) is 0 Å². The highest BCUT2D eigenvalue weighted by atomic mass is 28.6. The smallest absolute Gasteiger partial charge is 0.416 e. The Morgan fingerprint density at radius 1 is 0.364 bits per heavy atom. The van der Waals surface area contributed by atoms with Gasteiger partial charge in [0, 0.05) is 156 Å². The second-order valence-corrected chi connectivity index (χ2v) is 48.6. The Balaban J connectivity index is 4.33. The van der Waals surface area contributed by atoms with Gasteiger partial charge in [0.1, 0.15) is 0 Å². The summed E-state index contributed by atoms with van der Waals surface area (Å²) in [6.45, 7) is 13.5. The van der Waals surface area contributed by atoms with Gasteiger partial charge in [0.15, 0.2) is 8.32 Å². The van der Waals surface area contributed by atoms with Gasteiger partial charge in [-0.2, -0.15) is 0 Å². The Morgan fingerprint density at radius 2 is 0.803 bits per heavy atom. The standard InChI is InChI=1S/C34H88O22Si10/c1-23-28-62(43-10,44-11)55-66(49-16,53-59(21,37-4)38-5)56-63(45-12,29-27-33-25-24-26-34(32-33)65(47-14,48-15)52-58(20,35-2)36-3)54-64(46-13,31-30-61(40-7,41-8)42-9)51-60(22,39-6)50-57(17,18)19/h33-34H,23-32H2,1-22H3. The van der Waals surface area contributed by atoms with Crippen molar-refractivity contribution in [3.8, 4) is 0 Å². The van der Waals surface area contributed by atoms with Gasteiger partial charge in [-0.15, -0.1) is 0 Å². The van der Waals surface area contributed by atoms with Crippen LogP contribution in [-0.4, -0.2) is 194 Å². The van der Waals surface area contributed by atoms with E-state index in [-0.39, 0.29) is 29.6 Å². The van der Waals surface area contributed by atoms with E-state index >= 15 is 0 Å². The molecule has 0 aromatic heterocycles. The minimum atomic E-state index is -4.63. The van der Waals surface area contributed by atoms with Gasteiger partial charge in [0.05, 0.1) is 0 Å². The third kappa shape index (κ3) is 18.3. The molecule has 0 radical (unpaired) electrons. The molecule has 0 heterocycles. The van der Waals surface area contributed by atoms with E-state index in [2.05, 4.69) is 0 Å². The molecule has 66 heavy (non-hydrogen) atoms. The summed E-state index contributed by atoms with van der Waals surface area (Å²) < 4.78 is 140. The molecule has 1 aliphatic rings. The topological polar surface area (TPSA) is 203 Å². The van der Waals surface area contributed by atoms with Crippen molar-refractivity contribution < 1.29 is 95.2 Å². The van der Waals surface area contributed by atoms with E-state index < -0.39 is 87.8 Å². The SMILES string of the molecule is CCC[Si](OC)(OC)O[Si](OC)(O[Si](C)(OC)OC)O[Si](CCC1CCCC([Si](OC)(OC)O[Si](C)(OC)OC)C1)(OC)O[Si](CC[Si](OC)(OC)OC)(OC)O[Si](C)(OC)O[Si](C)(C)C. The van der Waals surface area contributed by atoms with Crippen LogP contribution in [0.4, 0.5) is 0 Å². The molecule has 396 valence electrons. The Kier molecular flexibility index (Phi) is 28.4. The van der Waals surface area contributed by atoms with Crippen LogP contribution in [0.15, 0.2) is 0 Å². The molecule has 0 aromatic rings. The summed E-state index contributed by atoms with van der Waals surface area (Å²) in [6, 6.07) is 0.886. The minimum absolute atomic E-state index is 0.0743. The second-order valence-electron chi connectivity index (χ2n) is 16.8. The van der Waals surface area contributed by atoms with Gasteiger partial charge >= 0.3 is 79.5 Å². The molecule has 0 amide bonds. The highest BCUT2D eigenvalue weighted by Crippen LogP contribution is 2.45. The van der Waals surface area contributed by atoms with Crippen molar-refractivity contribution in [2.75, 3.05) is 107 Å². The Hall–Kier alpha value is 1.29. The van der Waals surface area contributed by atoms with Crippen LogP contribution in [-0.2, 0) is 95.2 Å². The van der Waals surface area contributed by atoms with Crippen molar-refractivity contribution in [1.82, 2.24) is 0 Å². The zero-order valence-corrected chi connectivity index (χ0v) is 54.2. The predicted molar refractivity (Wildman–Crippen MR) is 265 cm³/mol. The summed E-state index contributed by atoms with van der Waals surface area (Å²) in [6.07, 6.45) is 4.40. The monoisotopic (exact) mass is 1130 g/mol. The summed E-state index contributed by atoms with van der Waals surface area (Å²) in [7, 11) is -13.1. The molecule has 0 aliphatic heterocycles. The first-order chi connectivity index (χ1) is 30.8. The van der Waals surface area contributed by atoms with Gasteiger partial charge in [-0.25, -0.2) is 0 Å². The van der Waals surface area contributed by atoms with Crippen molar-refractivity contribution in [3.05, 3.63) is 0 Å². The lowest BCUT2D eigenvalue weighted by atomic mass is 9.87. The lowest BCUT2D eigenvalue weighted by Gasteiger charge is -2.46. The highest BCUT2D eigenvalue weighted by molar-refractivity contribution is 6.88. The molecule has 1 rings (SSSR count). The average Bonchev–Trinajstić information content (AvgIpc) is 3.32. The van der Waals surface area contributed by atoms with Gasteiger partial charge in [-0.1, -0.05) is 26.2 Å². The molecular formula is C34H88O22Si10. The van der Waals surface area contributed by atoms with E-state index in [1.807, 2.05) is 39.7 Å². The Morgan fingerprint density at radius 3 is 1.21 bits per heavy atom. The van der Waals surface area contributed by atoms with Gasteiger partial charge in [-0.3, -0.25) is 0 Å². The van der Waals surface area contributed by atoms with E-state index in [0.717, 1.165) is 19.3 Å². The van der Waals surface area contributed by atoms with E-state index in [0.29, 0.717) is 25.3 Å². The van der Waals surface area contributed by atoms with Gasteiger partial charge in [0.2, 0.25) is 0 Å². The van der Waals surface area contributed by atoms with Gasteiger partial charge < -0.3 is 95.2 Å². The Bertz CT molecular complexity index is 1340. The van der Waals surface area contributed by atoms with E-state index in [4.69, 9.17) is 95.2 Å². The van der Waals surface area contributed by atoms with Crippen LogP contribution in [0, 0.1) is 5.92 Å². The van der Waals surface area contributed by atoms with Crippen LogP contribution < -0.4 is 0 Å². The molecule has 1 saturated carbocycles. The summed E-state index contributed by atoms with van der Waals surface area (Å²) in [5.41, 5.74) is -0.0831. The first-order valence-corrected chi connectivity index (χ1v) is 43.2. The fourth-order valence-corrected chi connectivity index (χ4v) is 43.0. The van der Waals surface area contributed by atoms with Crippen LogP contribution in [0.25, 0.3) is 0 Å². The predicted octanol–water partition coefficient (Wildman–Crippen LogP) is 5.83. The van der Waals surface area contributed by atoms with Crippen molar-refractivity contribution >= 4 is 87.8 Å². The fourth-order valence-electron chi connectivity index (χ4n) is 7.61. The summed E-state index contributed by atoms with van der Waals surface area (Å²) in [5, 5.41) is 0. The molecule has 0 N–H and O–H groups in total. The van der Waals surface area contributed by atoms with E-state index in [1.165, 1.54) is 71.1 Å². The van der Waals surface area contributed by atoms with E-state index in [9.17, 15) is 0 Å². The Labute approximate surface area is 408 Å². The number of rotatable bonds is 38. The fraction of sp³-hybridized carbons (Fsp3) is 1.00. The minimum Gasteiger partial charge on any atom is -0.416 e. The summed E-state index contributed by atoms with van der Waals surface area (Å²) in [4.78, 5) is 0. The zero-order chi connectivity index (χ0) is 50.8. The van der Waals surface area contributed by atoms with Crippen molar-refractivity contribution in [2.45, 2.75) is 114 Å². The highest BCUT2D eigenvalue weighted by Gasteiger charge is 2.68. The van der Waals surface area contributed by atoms with Gasteiger partial charge in [0.25, 0.3) is 0 Å². The third-order valence-electron chi connectivity index (χ3n) is 11.6. The number of hydrogen-bond donors (Lipinski definition) is 0. The lowest BCUT2D eigenvalue weighted by Crippen LogP contribution is -2.71. The summed E-state index contributed by atoms with van der Waals surface area (Å²) >= 11 is 0. The molecule has 0 bridgehead atoms. The molecule has 32 heteroatoms. The lowest BCUT2D eigenvalue weighted by molar-refractivity contribution is 0.00522. The van der Waals surface area contributed by atoms with Crippen LogP contribution in [0.3, 0.4) is 0 Å². The van der Waals surface area contributed by atoms with Gasteiger partial charge in [-0.05, 0) is 44.8 Å². The molecule has 1 aliphatic carbocycles. The average molecular weight is 1130 g/mol. The maximum Gasteiger partial charge on any atom is 0.657 e. The molecule has 22 nitrogen and oxygen atoms in total. The van der Waals surface area contributed by atoms with E-state index in [1.54, 1.807) is 42.1 Å². The van der Waals surface area contributed by atoms with Crippen LogP contribution in [0.2, 0.25) is 69.0 Å². The summed E-state index contributed by atoms with van der Waals surface area (Å²) in [5.74, 6) is 0.0743. The normalized spacial score (nSPS) is 21.0. The molecule has 0 aromatic carbocycles. The molecule has 1 fully saturated rings. The third-order valence-corrected chi connectivity index (χ3v) is 45.8.